The van der Waals surface area contributed by atoms with Crippen molar-refractivity contribution in [3.8, 4) is 0 Å². The molecule has 0 aliphatic rings. The van der Waals surface area contributed by atoms with Crippen molar-refractivity contribution in [2.45, 2.75) is 19.5 Å². The third-order valence-electron chi connectivity index (χ3n) is 2.78. The minimum atomic E-state index is -4.48. The summed E-state index contributed by atoms with van der Waals surface area (Å²) in [7, 11) is 0. The molecule has 0 unspecified atom stereocenters. The van der Waals surface area contributed by atoms with Crippen LogP contribution in [0.1, 0.15) is 18.9 Å². The average molecular weight is 325 g/mol. The fourth-order valence-electron chi connectivity index (χ4n) is 1.55. The van der Waals surface area contributed by atoms with E-state index >= 15 is 0 Å². The van der Waals surface area contributed by atoms with E-state index < -0.39 is 17.8 Å². The van der Waals surface area contributed by atoms with Crippen LogP contribution >= 0.6 is 11.6 Å². The van der Waals surface area contributed by atoms with Gasteiger partial charge < -0.3 is 15.7 Å². The Balaban J connectivity index is 2.61. The van der Waals surface area contributed by atoms with Crippen molar-refractivity contribution in [3.63, 3.8) is 0 Å². The van der Waals surface area contributed by atoms with Crippen LogP contribution in [0.5, 0.6) is 0 Å². The summed E-state index contributed by atoms with van der Waals surface area (Å²) in [5, 5.41) is 13.5. The highest BCUT2D eigenvalue weighted by molar-refractivity contribution is 6.33. The molecule has 0 heterocycles. The highest BCUT2D eigenvalue weighted by Gasteiger charge is 2.30. The number of hydrogen-bond donors (Lipinski definition) is 3. The van der Waals surface area contributed by atoms with Crippen LogP contribution in [-0.2, 0) is 6.18 Å². The van der Waals surface area contributed by atoms with Gasteiger partial charge in [-0.15, -0.1) is 0 Å². The Kier molecular flexibility index (Phi) is 6.29. The van der Waals surface area contributed by atoms with Gasteiger partial charge in [0.1, 0.15) is 0 Å². The van der Waals surface area contributed by atoms with E-state index in [0.29, 0.717) is 13.0 Å². The van der Waals surface area contributed by atoms with Crippen LogP contribution in [0.15, 0.2) is 18.2 Å². The number of alkyl halides is 3. The first kappa shape index (κ1) is 17.6. The zero-order valence-corrected chi connectivity index (χ0v) is 12.1. The quantitative estimate of drug-likeness (QED) is 0.776. The maximum absolute atomic E-state index is 12.5. The molecule has 21 heavy (non-hydrogen) atoms. The summed E-state index contributed by atoms with van der Waals surface area (Å²) in [5.74, 6) is 0.0869. The predicted octanol–water partition coefficient (Wildman–Crippen LogP) is 3.50. The summed E-state index contributed by atoms with van der Waals surface area (Å²) < 4.78 is 37.4. The summed E-state index contributed by atoms with van der Waals surface area (Å²) in [5.41, 5.74) is -0.785. The van der Waals surface area contributed by atoms with Crippen molar-refractivity contribution in [2.24, 2.45) is 5.92 Å². The minimum Gasteiger partial charge on any atom is -0.396 e. The van der Waals surface area contributed by atoms with Gasteiger partial charge in [0, 0.05) is 13.2 Å². The monoisotopic (exact) mass is 324 g/mol. The Morgan fingerprint density at radius 2 is 2.10 bits per heavy atom. The lowest BCUT2D eigenvalue weighted by molar-refractivity contribution is -0.137. The van der Waals surface area contributed by atoms with Gasteiger partial charge in [0.15, 0.2) is 0 Å². The second-order valence-electron chi connectivity index (χ2n) is 4.64. The zero-order valence-electron chi connectivity index (χ0n) is 11.3. The van der Waals surface area contributed by atoms with E-state index in [9.17, 15) is 18.0 Å². The van der Waals surface area contributed by atoms with E-state index in [0.717, 1.165) is 18.2 Å². The Morgan fingerprint density at radius 1 is 1.43 bits per heavy atom. The summed E-state index contributed by atoms with van der Waals surface area (Å²) in [4.78, 5) is 11.6. The number of amides is 2. The lowest BCUT2D eigenvalue weighted by Crippen LogP contribution is -2.32. The van der Waals surface area contributed by atoms with Crippen LogP contribution in [0.25, 0.3) is 0 Å². The first-order valence-corrected chi connectivity index (χ1v) is 6.64. The van der Waals surface area contributed by atoms with E-state index in [1.165, 1.54) is 0 Å². The lowest BCUT2D eigenvalue weighted by atomic mass is 10.1. The normalized spacial score (nSPS) is 12.9. The van der Waals surface area contributed by atoms with Gasteiger partial charge in [-0.25, -0.2) is 4.79 Å². The van der Waals surface area contributed by atoms with E-state index in [-0.39, 0.29) is 23.2 Å². The molecule has 3 N–H and O–H groups in total. The minimum absolute atomic E-state index is 0.0230. The molecular formula is C13H16ClF3N2O2. The van der Waals surface area contributed by atoms with Crippen molar-refractivity contribution in [2.75, 3.05) is 18.5 Å². The van der Waals surface area contributed by atoms with Gasteiger partial charge in [-0.1, -0.05) is 18.5 Å². The van der Waals surface area contributed by atoms with Gasteiger partial charge in [-0.05, 0) is 30.5 Å². The molecule has 0 radical (unpaired) electrons. The Bertz CT molecular complexity index is 495. The molecule has 1 aromatic rings. The van der Waals surface area contributed by atoms with Crippen LogP contribution in [0.4, 0.5) is 23.7 Å². The van der Waals surface area contributed by atoms with Crippen LogP contribution in [0.2, 0.25) is 5.02 Å². The molecule has 2 amide bonds. The van der Waals surface area contributed by atoms with E-state index in [1.54, 1.807) is 0 Å². The largest absolute Gasteiger partial charge is 0.416 e. The number of benzene rings is 1. The molecule has 0 fully saturated rings. The van der Waals surface area contributed by atoms with Crippen LogP contribution in [-0.4, -0.2) is 24.3 Å². The average Bonchev–Trinajstić information content (AvgIpc) is 2.38. The number of aliphatic hydroxyl groups is 1. The SMILES string of the molecule is C[C@H](CCO)CNC(=O)Nc1ccc(C(F)(F)F)cc1Cl. The summed E-state index contributed by atoms with van der Waals surface area (Å²) >= 11 is 5.72. The maximum atomic E-state index is 12.5. The third-order valence-corrected chi connectivity index (χ3v) is 3.09. The predicted molar refractivity (Wildman–Crippen MR) is 74.3 cm³/mol. The molecule has 1 rings (SSSR count). The molecule has 0 saturated carbocycles. The molecule has 8 heteroatoms. The van der Waals surface area contributed by atoms with Crippen molar-refractivity contribution in [1.29, 1.82) is 0 Å². The lowest BCUT2D eigenvalue weighted by Gasteiger charge is -2.14. The molecule has 1 aromatic carbocycles. The third kappa shape index (κ3) is 5.81. The van der Waals surface area contributed by atoms with E-state index in [4.69, 9.17) is 16.7 Å². The van der Waals surface area contributed by atoms with Gasteiger partial charge in [0.25, 0.3) is 0 Å². The second-order valence-corrected chi connectivity index (χ2v) is 5.05. The fraction of sp³-hybridized carbons (Fsp3) is 0.462. The van der Waals surface area contributed by atoms with Gasteiger partial charge in [0.2, 0.25) is 0 Å². The van der Waals surface area contributed by atoms with Crippen molar-refractivity contribution < 1.29 is 23.1 Å². The number of anilines is 1. The van der Waals surface area contributed by atoms with Crippen molar-refractivity contribution in [3.05, 3.63) is 28.8 Å². The van der Waals surface area contributed by atoms with Gasteiger partial charge >= 0.3 is 12.2 Å². The van der Waals surface area contributed by atoms with E-state index in [2.05, 4.69) is 10.6 Å². The Hall–Kier alpha value is -1.47. The Labute approximate surface area is 125 Å². The topological polar surface area (TPSA) is 61.4 Å². The number of nitrogens with one attached hydrogen (secondary N) is 2. The molecule has 0 aliphatic heterocycles. The highest BCUT2D eigenvalue weighted by atomic mass is 35.5. The van der Waals surface area contributed by atoms with Crippen LogP contribution < -0.4 is 10.6 Å². The molecule has 4 nitrogen and oxygen atoms in total. The zero-order chi connectivity index (χ0) is 16.0. The molecule has 0 saturated heterocycles. The standard InChI is InChI=1S/C13H16ClF3N2O2/c1-8(4-5-20)7-18-12(21)19-11-3-2-9(6-10(11)14)13(15,16)17/h2-3,6,8,20H,4-5,7H2,1H3,(H2,18,19,21)/t8-/m1/s1. The van der Waals surface area contributed by atoms with Gasteiger partial charge in [-0.2, -0.15) is 13.2 Å². The number of hydrogen-bond acceptors (Lipinski definition) is 2. The highest BCUT2D eigenvalue weighted by Crippen LogP contribution is 2.33. The number of halogens is 4. The first-order valence-electron chi connectivity index (χ1n) is 6.26. The molecule has 0 aromatic heterocycles. The molecule has 118 valence electrons. The molecule has 0 spiro atoms. The van der Waals surface area contributed by atoms with E-state index in [1.807, 2.05) is 6.92 Å². The second kappa shape index (κ2) is 7.51. The number of carbonyl (C=O) groups is 1. The van der Waals surface area contributed by atoms with Crippen LogP contribution in [0.3, 0.4) is 0 Å². The van der Waals surface area contributed by atoms with Crippen molar-refractivity contribution in [1.82, 2.24) is 5.32 Å². The molecular weight excluding hydrogens is 309 g/mol. The summed E-state index contributed by atoms with van der Waals surface area (Å²) in [6, 6.07) is 2.13. The number of carbonyl (C=O) groups excluding carboxylic acids is 1. The number of urea groups is 1. The number of rotatable bonds is 5. The smallest absolute Gasteiger partial charge is 0.396 e. The first-order chi connectivity index (χ1) is 9.74. The number of aliphatic hydroxyl groups excluding tert-OH is 1. The van der Waals surface area contributed by atoms with Gasteiger partial charge in [-0.3, -0.25) is 0 Å². The van der Waals surface area contributed by atoms with Crippen molar-refractivity contribution >= 4 is 23.3 Å². The fourth-order valence-corrected chi connectivity index (χ4v) is 1.78. The summed E-state index contributed by atoms with van der Waals surface area (Å²) in [6.45, 7) is 2.21. The maximum Gasteiger partial charge on any atom is 0.416 e. The molecule has 0 aliphatic carbocycles. The van der Waals surface area contributed by atoms with Crippen LogP contribution in [0, 0.1) is 5.92 Å². The molecule has 0 bridgehead atoms. The Morgan fingerprint density at radius 3 is 2.62 bits per heavy atom. The summed E-state index contributed by atoms with van der Waals surface area (Å²) in [6.07, 6.45) is -3.94. The van der Waals surface area contributed by atoms with Gasteiger partial charge in [0.05, 0.1) is 16.3 Å². The molecule has 1 atom stereocenters.